The number of aliphatic imine (C=N–C) groups is 5. The minimum absolute atomic E-state index is 0.175. The number of amidine groups is 2. The highest BCUT2D eigenvalue weighted by Gasteiger charge is 2.43. The third-order valence-corrected chi connectivity index (χ3v) is 9.67. The van der Waals surface area contributed by atoms with Crippen molar-refractivity contribution >= 4 is 57.2 Å². The average molecular weight is 629 g/mol. The number of rotatable bonds is 0. The van der Waals surface area contributed by atoms with E-state index in [0.717, 1.165) is 67.4 Å². The zero-order chi connectivity index (χ0) is 32.5. The number of hydrogen-bond acceptors (Lipinski definition) is 6. The van der Waals surface area contributed by atoms with E-state index in [1.807, 2.05) is 36.4 Å². The standard InChI is InChI=1S/C43H28N6/c1-26-27-14-2-3-15-28(27)29-16-4-12-24-37(29)47-42-40-39(44-34-21-9-5-17-30(34)31-18-6-10-22-35(31)45-40)41-43(49(26)42)48-38-25-13-8-20-33(38)32-19-7-11-23-36(32)46-41/h2-26H,1H3. The summed E-state index contributed by atoms with van der Waals surface area (Å²) in [6.45, 7) is 2.22. The monoisotopic (exact) mass is 628 g/mol. The molecule has 4 aliphatic heterocycles. The molecule has 49 heavy (non-hydrogen) atoms. The molecule has 10 rings (SSSR count). The van der Waals surface area contributed by atoms with Crippen LogP contribution in [0.25, 0.3) is 33.4 Å². The first-order valence-corrected chi connectivity index (χ1v) is 16.5. The Morgan fingerprint density at radius 1 is 0.347 bits per heavy atom. The summed E-state index contributed by atoms with van der Waals surface area (Å²) in [6.07, 6.45) is 0. The van der Waals surface area contributed by atoms with Crippen molar-refractivity contribution < 1.29 is 0 Å². The fraction of sp³-hybridized carbons (Fsp3) is 0.0465. The smallest absolute Gasteiger partial charge is 0.163 e. The second-order valence-corrected chi connectivity index (χ2v) is 12.5. The van der Waals surface area contributed by atoms with Crippen LogP contribution in [-0.4, -0.2) is 33.7 Å². The number of hydrogen-bond donors (Lipinski definition) is 0. The summed E-state index contributed by atoms with van der Waals surface area (Å²) in [5, 5.41) is 0. The van der Waals surface area contributed by atoms with Gasteiger partial charge in [0.1, 0.15) is 17.1 Å². The van der Waals surface area contributed by atoms with Gasteiger partial charge in [-0.3, -0.25) is 4.90 Å². The van der Waals surface area contributed by atoms with Gasteiger partial charge in [0, 0.05) is 27.8 Å². The summed E-state index contributed by atoms with van der Waals surface area (Å²) >= 11 is 0. The third kappa shape index (κ3) is 4.24. The summed E-state index contributed by atoms with van der Waals surface area (Å²) < 4.78 is 0. The van der Waals surface area contributed by atoms with Gasteiger partial charge in [0.2, 0.25) is 0 Å². The second kappa shape index (κ2) is 10.8. The van der Waals surface area contributed by atoms with Crippen molar-refractivity contribution in [1.29, 1.82) is 0 Å². The highest BCUT2D eigenvalue weighted by atomic mass is 15.3. The summed E-state index contributed by atoms with van der Waals surface area (Å²) in [4.78, 5) is 29.6. The van der Waals surface area contributed by atoms with Crippen LogP contribution in [0.15, 0.2) is 171 Å². The van der Waals surface area contributed by atoms with Gasteiger partial charge in [-0.15, -0.1) is 0 Å². The van der Waals surface area contributed by atoms with Crippen molar-refractivity contribution in [1.82, 2.24) is 4.90 Å². The predicted molar refractivity (Wildman–Crippen MR) is 201 cm³/mol. The maximum Gasteiger partial charge on any atom is 0.163 e. The van der Waals surface area contributed by atoms with Crippen molar-refractivity contribution in [3.05, 3.63) is 151 Å². The van der Waals surface area contributed by atoms with Crippen molar-refractivity contribution in [3.8, 4) is 33.4 Å². The van der Waals surface area contributed by atoms with Crippen LogP contribution in [0.2, 0.25) is 0 Å². The molecule has 4 heterocycles. The molecular weight excluding hydrogens is 601 g/mol. The Kier molecular flexibility index (Phi) is 6.05. The summed E-state index contributed by atoms with van der Waals surface area (Å²) in [5.74, 6) is 1.37. The van der Waals surface area contributed by atoms with Crippen LogP contribution < -0.4 is 0 Å². The second-order valence-electron chi connectivity index (χ2n) is 12.5. The molecule has 4 aliphatic rings. The van der Waals surface area contributed by atoms with Crippen LogP contribution in [0.5, 0.6) is 0 Å². The van der Waals surface area contributed by atoms with E-state index < -0.39 is 0 Å². The molecule has 0 radical (unpaired) electrons. The fourth-order valence-corrected chi connectivity index (χ4v) is 7.37. The van der Waals surface area contributed by atoms with Crippen molar-refractivity contribution in [2.45, 2.75) is 13.0 Å². The lowest BCUT2D eigenvalue weighted by Gasteiger charge is -2.40. The molecule has 0 N–H and O–H groups in total. The normalized spacial score (nSPS) is 16.6. The molecular formula is C43H28N6. The summed E-state index contributed by atoms with van der Waals surface area (Å²) in [5.41, 5.74) is 13.7. The predicted octanol–water partition coefficient (Wildman–Crippen LogP) is 10.8. The largest absolute Gasteiger partial charge is 0.300 e. The Bertz CT molecular complexity index is 2530. The van der Waals surface area contributed by atoms with E-state index in [9.17, 15) is 0 Å². The van der Waals surface area contributed by atoms with Crippen molar-refractivity contribution in [3.63, 3.8) is 0 Å². The van der Waals surface area contributed by atoms with Crippen LogP contribution in [-0.2, 0) is 0 Å². The van der Waals surface area contributed by atoms with Gasteiger partial charge in [-0.2, -0.15) is 0 Å². The Morgan fingerprint density at radius 3 is 1.08 bits per heavy atom. The summed E-state index contributed by atoms with van der Waals surface area (Å²) in [6, 6.07) is 49.8. The average Bonchev–Trinajstić information content (AvgIpc) is 3.13. The lowest BCUT2D eigenvalue weighted by Crippen LogP contribution is -2.57. The maximum atomic E-state index is 5.50. The zero-order valence-corrected chi connectivity index (χ0v) is 26.6. The third-order valence-electron chi connectivity index (χ3n) is 9.67. The van der Waals surface area contributed by atoms with Gasteiger partial charge in [0.15, 0.2) is 11.7 Å². The van der Waals surface area contributed by atoms with E-state index in [-0.39, 0.29) is 6.04 Å². The molecule has 0 amide bonds. The van der Waals surface area contributed by atoms with Gasteiger partial charge in [-0.25, -0.2) is 25.0 Å². The van der Waals surface area contributed by atoms with E-state index in [2.05, 4.69) is 121 Å². The molecule has 6 nitrogen and oxygen atoms in total. The van der Waals surface area contributed by atoms with E-state index in [4.69, 9.17) is 25.0 Å². The first-order chi connectivity index (χ1) is 24.2. The lowest BCUT2D eigenvalue weighted by atomic mass is 9.89. The van der Waals surface area contributed by atoms with Gasteiger partial charge in [0.05, 0.1) is 34.5 Å². The molecule has 1 saturated heterocycles. The number of para-hydroxylation sites is 5. The van der Waals surface area contributed by atoms with Crippen LogP contribution in [0, 0.1) is 0 Å². The van der Waals surface area contributed by atoms with E-state index in [0.29, 0.717) is 28.8 Å². The lowest BCUT2D eigenvalue weighted by molar-refractivity contribution is 0.493. The molecule has 230 valence electrons. The van der Waals surface area contributed by atoms with E-state index in [1.165, 1.54) is 0 Å². The van der Waals surface area contributed by atoms with Crippen LogP contribution in [0.3, 0.4) is 0 Å². The fourth-order valence-electron chi connectivity index (χ4n) is 7.37. The number of benzene rings is 6. The molecule has 6 aromatic carbocycles. The molecule has 0 aromatic heterocycles. The van der Waals surface area contributed by atoms with Gasteiger partial charge in [-0.05, 0) is 48.4 Å². The van der Waals surface area contributed by atoms with Crippen LogP contribution in [0.1, 0.15) is 18.5 Å². The SMILES string of the molecule is CC1c2ccccc2-c2ccccc2N=C2C3=Nc4ccccc4-c4ccccc4N=C3C3=Nc4ccccc4-c4ccccc4N=C3N21. The Morgan fingerprint density at radius 2 is 0.653 bits per heavy atom. The van der Waals surface area contributed by atoms with Crippen LogP contribution >= 0.6 is 0 Å². The minimum atomic E-state index is -0.175. The Balaban J connectivity index is 1.37. The highest BCUT2D eigenvalue weighted by molar-refractivity contribution is 6.95. The highest BCUT2D eigenvalue weighted by Crippen LogP contribution is 2.45. The van der Waals surface area contributed by atoms with Gasteiger partial charge >= 0.3 is 0 Å². The van der Waals surface area contributed by atoms with Gasteiger partial charge < -0.3 is 0 Å². The minimum Gasteiger partial charge on any atom is -0.300 e. The molecule has 6 heteroatoms. The molecule has 1 atom stereocenters. The molecule has 1 fully saturated rings. The molecule has 0 spiro atoms. The molecule has 6 aromatic rings. The first-order valence-electron chi connectivity index (χ1n) is 16.5. The van der Waals surface area contributed by atoms with Gasteiger partial charge in [0.25, 0.3) is 0 Å². The Labute approximate surface area is 283 Å². The molecule has 0 aliphatic carbocycles. The van der Waals surface area contributed by atoms with Crippen molar-refractivity contribution in [2.75, 3.05) is 0 Å². The summed E-state index contributed by atoms with van der Waals surface area (Å²) in [7, 11) is 0. The zero-order valence-electron chi connectivity index (χ0n) is 26.6. The molecule has 0 bridgehead atoms. The molecule has 1 unspecified atom stereocenters. The first kappa shape index (κ1) is 27.6. The topological polar surface area (TPSA) is 65.0 Å². The number of piperidine rings is 1. The van der Waals surface area contributed by atoms with Gasteiger partial charge in [-0.1, -0.05) is 115 Å². The van der Waals surface area contributed by atoms with E-state index in [1.54, 1.807) is 0 Å². The van der Waals surface area contributed by atoms with E-state index >= 15 is 0 Å². The number of fused-ring (bicyclic) bond motifs is 15. The Hall–Kier alpha value is -6.53. The maximum absolute atomic E-state index is 5.50. The number of nitrogens with zero attached hydrogens (tertiary/aromatic N) is 6. The van der Waals surface area contributed by atoms with Crippen LogP contribution in [0.4, 0.5) is 28.4 Å². The van der Waals surface area contributed by atoms with Crippen molar-refractivity contribution in [2.24, 2.45) is 25.0 Å². The molecule has 0 saturated carbocycles. The quantitative estimate of drug-likeness (QED) is 0.165.